The highest BCUT2D eigenvalue weighted by molar-refractivity contribution is 5.78. The van der Waals surface area contributed by atoms with Gasteiger partial charge in [0.1, 0.15) is 0 Å². The van der Waals surface area contributed by atoms with Gasteiger partial charge >= 0.3 is 0 Å². The summed E-state index contributed by atoms with van der Waals surface area (Å²) in [5.74, 6) is 3.27. The summed E-state index contributed by atoms with van der Waals surface area (Å²) in [5.41, 5.74) is 0. The van der Waals surface area contributed by atoms with Gasteiger partial charge in [-0.2, -0.15) is 0 Å². The lowest BCUT2D eigenvalue weighted by Gasteiger charge is -2.37. The molecule has 5 nitrogen and oxygen atoms in total. The van der Waals surface area contributed by atoms with Gasteiger partial charge in [-0.1, -0.05) is 5.92 Å². The zero-order valence-electron chi connectivity index (χ0n) is 13.0. The highest BCUT2D eigenvalue weighted by Gasteiger charge is 2.26. The van der Waals surface area contributed by atoms with E-state index < -0.39 is 0 Å². The van der Waals surface area contributed by atoms with E-state index in [1.165, 1.54) is 0 Å². The Bertz CT molecular complexity index is 375. The van der Waals surface area contributed by atoms with Crippen molar-refractivity contribution >= 4 is 5.91 Å². The first-order valence-corrected chi connectivity index (χ1v) is 7.94. The number of carbonyl (C=O) groups is 1. The molecule has 2 fully saturated rings. The van der Waals surface area contributed by atoms with Crippen molar-refractivity contribution in [3.63, 3.8) is 0 Å². The van der Waals surface area contributed by atoms with E-state index in [4.69, 9.17) is 6.42 Å². The topological polar surface area (TPSA) is 47.0 Å². The maximum Gasteiger partial charge on any atom is 0.236 e. The highest BCUT2D eigenvalue weighted by Crippen LogP contribution is 2.20. The van der Waals surface area contributed by atoms with E-state index in [1.54, 1.807) is 0 Å². The van der Waals surface area contributed by atoms with E-state index in [1.807, 2.05) is 11.8 Å². The third kappa shape index (κ3) is 4.70. The number of aliphatic hydroxyl groups excluding tert-OH is 1. The van der Waals surface area contributed by atoms with E-state index in [9.17, 15) is 9.90 Å². The summed E-state index contributed by atoms with van der Waals surface area (Å²) in [5, 5.41) is 9.61. The first-order valence-electron chi connectivity index (χ1n) is 7.94. The second-order valence-corrected chi connectivity index (χ2v) is 6.22. The molecule has 0 aliphatic carbocycles. The van der Waals surface area contributed by atoms with Crippen LogP contribution < -0.4 is 0 Å². The number of terminal acetylenes is 1. The number of aliphatic hydroxyl groups is 1. The van der Waals surface area contributed by atoms with Gasteiger partial charge in [-0.25, -0.2) is 0 Å². The van der Waals surface area contributed by atoms with Crippen LogP contribution in [0.2, 0.25) is 0 Å². The molecule has 5 heteroatoms. The Hall–Kier alpha value is -1.09. The molecule has 0 aromatic rings. The summed E-state index contributed by atoms with van der Waals surface area (Å²) < 4.78 is 0. The lowest BCUT2D eigenvalue weighted by molar-refractivity contribution is -0.134. The van der Waals surface area contributed by atoms with E-state index >= 15 is 0 Å². The predicted octanol–water partition coefficient (Wildman–Crippen LogP) is -0.143. The van der Waals surface area contributed by atoms with Crippen molar-refractivity contribution in [1.29, 1.82) is 0 Å². The van der Waals surface area contributed by atoms with Crippen LogP contribution >= 0.6 is 0 Å². The van der Waals surface area contributed by atoms with Gasteiger partial charge in [0.15, 0.2) is 0 Å². The lowest BCUT2D eigenvalue weighted by Crippen LogP contribution is -2.52. The van der Waals surface area contributed by atoms with Crippen LogP contribution in [0.15, 0.2) is 0 Å². The van der Waals surface area contributed by atoms with Crippen molar-refractivity contribution in [1.82, 2.24) is 14.7 Å². The summed E-state index contributed by atoms with van der Waals surface area (Å²) in [4.78, 5) is 18.7. The number of piperazine rings is 1. The number of hydrogen-bond donors (Lipinski definition) is 1. The average molecular weight is 293 g/mol. The number of piperidine rings is 1. The molecule has 21 heavy (non-hydrogen) atoms. The Morgan fingerprint density at radius 1 is 1.19 bits per heavy atom. The Balaban J connectivity index is 1.70. The van der Waals surface area contributed by atoms with Gasteiger partial charge in [-0.05, 0) is 38.8 Å². The molecule has 0 aromatic carbocycles. The van der Waals surface area contributed by atoms with Crippen LogP contribution in [-0.4, -0.2) is 84.2 Å². The minimum Gasteiger partial charge on any atom is -0.393 e. The van der Waals surface area contributed by atoms with Crippen LogP contribution in [0.1, 0.15) is 19.8 Å². The summed E-state index contributed by atoms with van der Waals surface area (Å²) in [7, 11) is 0. The van der Waals surface area contributed by atoms with Crippen molar-refractivity contribution in [2.45, 2.75) is 25.9 Å². The van der Waals surface area contributed by atoms with E-state index in [0.717, 1.165) is 52.1 Å². The molecular formula is C16H27N3O2. The third-order valence-corrected chi connectivity index (χ3v) is 4.71. The van der Waals surface area contributed by atoms with Crippen molar-refractivity contribution in [2.24, 2.45) is 5.92 Å². The first-order chi connectivity index (χ1) is 10.1. The van der Waals surface area contributed by atoms with Crippen molar-refractivity contribution < 1.29 is 9.90 Å². The minimum absolute atomic E-state index is 0.228. The zero-order valence-corrected chi connectivity index (χ0v) is 13.0. The van der Waals surface area contributed by atoms with Gasteiger partial charge in [0.05, 0.1) is 19.2 Å². The molecule has 118 valence electrons. The molecule has 1 amide bonds. The van der Waals surface area contributed by atoms with E-state index in [-0.39, 0.29) is 12.0 Å². The van der Waals surface area contributed by atoms with Crippen LogP contribution in [0.25, 0.3) is 0 Å². The molecule has 1 N–H and O–H groups in total. The average Bonchev–Trinajstić information content (AvgIpc) is 2.49. The van der Waals surface area contributed by atoms with Crippen LogP contribution in [-0.2, 0) is 4.79 Å². The van der Waals surface area contributed by atoms with Gasteiger partial charge in [0.25, 0.3) is 0 Å². The number of hydrogen-bond acceptors (Lipinski definition) is 4. The number of likely N-dealkylation sites (tertiary alicyclic amines) is 1. The Morgan fingerprint density at radius 3 is 2.33 bits per heavy atom. The van der Waals surface area contributed by atoms with Gasteiger partial charge in [-0.3, -0.25) is 14.6 Å². The summed E-state index contributed by atoms with van der Waals surface area (Å²) in [6, 6.07) is 0. The van der Waals surface area contributed by atoms with Gasteiger partial charge in [-0.15, -0.1) is 6.42 Å². The zero-order chi connectivity index (χ0) is 15.2. The molecule has 1 unspecified atom stereocenters. The van der Waals surface area contributed by atoms with Crippen LogP contribution in [0.4, 0.5) is 0 Å². The SMILES string of the molecule is C#CCN1CCN(C(=O)CN2CCC(C(C)O)CC2)CC1. The fourth-order valence-electron chi connectivity index (χ4n) is 3.17. The molecule has 2 heterocycles. The molecule has 2 rings (SSSR count). The number of nitrogens with zero attached hydrogens (tertiary/aromatic N) is 3. The highest BCUT2D eigenvalue weighted by atomic mass is 16.3. The largest absolute Gasteiger partial charge is 0.393 e. The van der Waals surface area contributed by atoms with Crippen molar-refractivity contribution in [3.8, 4) is 12.3 Å². The fourth-order valence-corrected chi connectivity index (χ4v) is 3.17. The number of amides is 1. The van der Waals surface area contributed by atoms with E-state index in [0.29, 0.717) is 19.0 Å². The van der Waals surface area contributed by atoms with Gasteiger partial charge in [0.2, 0.25) is 5.91 Å². The number of rotatable bonds is 4. The maximum absolute atomic E-state index is 12.3. The molecular weight excluding hydrogens is 266 g/mol. The second kappa shape index (κ2) is 7.79. The minimum atomic E-state index is -0.230. The van der Waals surface area contributed by atoms with Crippen molar-refractivity contribution in [2.75, 3.05) is 52.4 Å². The van der Waals surface area contributed by atoms with Gasteiger partial charge in [0, 0.05) is 26.2 Å². The fraction of sp³-hybridized carbons (Fsp3) is 0.812. The second-order valence-electron chi connectivity index (χ2n) is 6.22. The number of carbonyl (C=O) groups excluding carboxylic acids is 1. The maximum atomic E-state index is 12.3. The van der Waals surface area contributed by atoms with Crippen LogP contribution in [0.3, 0.4) is 0 Å². The monoisotopic (exact) mass is 293 g/mol. The Kier molecular flexibility index (Phi) is 6.04. The Morgan fingerprint density at radius 2 is 1.81 bits per heavy atom. The summed E-state index contributed by atoms with van der Waals surface area (Å²) in [6.45, 7) is 8.20. The van der Waals surface area contributed by atoms with Gasteiger partial charge < -0.3 is 10.0 Å². The molecule has 0 bridgehead atoms. The molecule has 2 aliphatic rings. The predicted molar refractivity (Wildman–Crippen MR) is 82.7 cm³/mol. The molecule has 1 atom stereocenters. The van der Waals surface area contributed by atoms with Crippen molar-refractivity contribution in [3.05, 3.63) is 0 Å². The molecule has 2 saturated heterocycles. The van der Waals surface area contributed by atoms with Crippen LogP contribution in [0, 0.1) is 18.3 Å². The van der Waals surface area contributed by atoms with Crippen LogP contribution in [0.5, 0.6) is 0 Å². The lowest BCUT2D eigenvalue weighted by atomic mass is 9.92. The molecule has 2 aliphatic heterocycles. The van der Waals surface area contributed by atoms with E-state index in [2.05, 4.69) is 15.7 Å². The smallest absolute Gasteiger partial charge is 0.236 e. The quantitative estimate of drug-likeness (QED) is 0.733. The Labute approximate surface area is 127 Å². The summed E-state index contributed by atoms with van der Waals surface area (Å²) in [6.07, 6.45) is 7.06. The third-order valence-electron chi connectivity index (χ3n) is 4.71. The standard InChI is InChI=1S/C16H27N3O2/c1-3-6-17-9-11-19(12-10-17)16(21)13-18-7-4-15(5-8-18)14(2)20/h1,14-15,20H,4-13H2,2H3. The molecule has 0 aromatic heterocycles. The summed E-state index contributed by atoms with van der Waals surface area (Å²) >= 11 is 0. The molecule has 0 spiro atoms. The normalized spacial score (nSPS) is 23.8. The molecule has 0 radical (unpaired) electrons. The first kappa shape index (κ1) is 16.3. The molecule has 0 saturated carbocycles.